The van der Waals surface area contributed by atoms with Crippen molar-refractivity contribution >= 4 is 5.95 Å². The summed E-state index contributed by atoms with van der Waals surface area (Å²) in [4.78, 5) is 18.1. The van der Waals surface area contributed by atoms with Crippen molar-refractivity contribution in [3.05, 3.63) is 48.0 Å². The van der Waals surface area contributed by atoms with Crippen LogP contribution in [-0.4, -0.2) is 58.2 Å². The standard InChI is InChI=1S/C18H23N5O/c1-14-9-20-18(21-10-14)23-7-6-22-12-17(8-16(22)11-23)24-13-15-4-2-3-5-19-15/h2-5,9-10,16-17H,6-8,11-13H2,1H3/t16-,17+/m0/s1. The van der Waals surface area contributed by atoms with E-state index in [9.17, 15) is 0 Å². The minimum Gasteiger partial charge on any atom is -0.371 e. The number of aryl methyl sites for hydroxylation is 1. The Morgan fingerprint density at radius 3 is 2.79 bits per heavy atom. The second-order valence-corrected chi connectivity index (χ2v) is 6.64. The molecule has 0 saturated carbocycles. The fourth-order valence-corrected chi connectivity index (χ4v) is 3.53. The molecule has 6 nitrogen and oxygen atoms in total. The molecule has 4 rings (SSSR count). The lowest BCUT2D eigenvalue weighted by atomic mass is 10.1. The van der Waals surface area contributed by atoms with Gasteiger partial charge in [0.2, 0.25) is 5.95 Å². The first-order chi connectivity index (χ1) is 11.8. The second kappa shape index (κ2) is 6.83. The van der Waals surface area contributed by atoms with Crippen LogP contribution in [0.15, 0.2) is 36.8 Å². The van der Waals surface area contributed by atoms with Gasteiger partial charge in [-0.05, 0) is 31.0 Å². The molecular formula is C18H23N5O. The van der Waals surface area contributed by atoms with Gasteiger partial charge in [-0.1, -0.05) is 6.07 Å². The fourth-order valence-electron chi connectivity index (χ4n) is 3.53. The molecule has 4 heterocycles. The van der Waals surface area contributed by atoms with Crippen molar-refractivity contribution in [1.29, 1.82) is 0 Å². The smallest absolute Gasteiger partial charge is 0.225 e. The Morgan fingerprint density at radius 1 is 1.12 bits per heavy atom. The number of piperazine rings is 1. The van der Waals surface area contributed by atoms with E-state index in [0.717, 1.165) is 49.8 Å². The number of anilines is 1. The zero-order valence-electron chi connectivity index (χ0n) is 14.0. The molecule has 0 unspecified atom stereocenters. The molecule has 126 valence electrons. The maximum Gasteiger partial charge on any atom is 0.225 e. The van der Waals surface area contributed by atoms with Crippen molar-refractivity contribution in [1.82, 2.24) is 19.9 Å². The van der Waals surface area contributed by atoms with Crippen LogP contribution in [0.1, 0.15) is 17.7 Å². The van der Waals surface area contributed by atoms with Gasteiger partial charge < -0.3 is 9.64 Å². The molecular weight excluding hydrogens is 302 g/mol. The van der Waals surface area contributed by atoms with E-state index >= 15 is 0 Å². The molecule has 6 heteroatoms. The van der Waals surface area contributed by atoms with Crippen LogP contribution in [0.5, 0.6) is 0 Å². The molecule has 2 fully saturated rings. The third-order valence-corrected chi connectivity index (χ3v) is 4.82. The highest BCUT2D eigenvalue weighted by Crippen LogP contribution is 2.26. The summed E-state index contributed by atoms with van der Waals surface area (Å²) < 4.78 is 6.08. The molecule has 0 bridgehead atoms. The number of aromatic nitrogens is 3. The monoisotopic (exact) mass is 325 g/mol. The lowest BCUT2D eigenvalue weighted by molar-refractivity contribution is 0.0450. The van der Waals surface area contributed by atoms with E-state index in [4.69, 9.17) is 4.74 Å². The summed E-state index contributed by atoms with van der Waals surface area (Å²) in [5.74, 6) is 0.845. The van der Waals surface area contributed by atoms with Crippen molar-refractivity contribution in [2.24, 2.45) is 0 Å². The lowest BCUT2D eigenvalue weighted by Gasteiger charge is -2.37. The Bertz CT molecular complexity index is 663. The first-order valence-corrected chi connectivity index (χ1v) is 8.57. The Balaban J connectivity index is 1.33. The molecule has 0 N–H and O–H groups in total. The molecule has 0 spiro atoms. The van der Waals surface area contributed by atoms with Crippen LogP contribution in [0.2, 0.25) is 0 Å². The van der Waals surface area contributed by atoms with Crippen molar-refractivity contribution in [3.63, 3.8) is 0 Å². The van der Waals surface area contributed by atoms with Crippen molar-refractivity contribution in [2.45, 2.75) is 32.1 Å². The van der Waals surface area contributed by atoms with Gasteiger partial charge >= 0.3 is 0 Å². The molecule has 2 aromatic heterocycles. The highest BCUT2D eigenvalue weighted by Gasteiger charge is 2.37. The van der Waals surface area contributed by atoms with Gasteiger partial charge in [0.1, 0.15) is 0 Å². The van der Waals surface area contributed by atoms with Gasteiger partial charge in [-0.15, -0.1) is 0 Å². The van der Waals surface area contributed by atoms with E-state index in [-0.39, 0.29) is 6.10 Å². The molecule has 0 aliphatic carbocycles. The quantitative estimate of drug-likeness (QED) is 0.852. The van der Waals surface area contributed by atoms with E-state index in [2.05, 4.69) is 24.8 Å². The largest absolute Gasteiger partial charge is 0.371 e. The Morgan fingerprint density at radius 2 is 2.00 bits per heavy atom. The van der Waals surface area contributed by atoms with Gasteiger partial charge in [-0.2, -0.15) is 0 Å². The van der Waals surface area contributed by atoms with Crippen LogP contribution in [0.3, 0.4) is 0 Å². The summed E-state index contributed by atoms with van der Waals surface area (Å²) in [6, 6.07) is 6.47. The van der Waals surface area contributed by atoms with Crippen molar-refractivity contribution in [3.8, 4) is 0 Å². The van der Waals surface area contributed by atoms with Gasteiger partial charge in [0, 0.05) is 50.8 Å². The zero-order chi connectivity index (χ0) is 16.4. The highest BCUT2D eigenvalue weighted by molar-refractivity contribution is 5.31. The zero-order valence-corrected chi connectivity index (χ0v) is 14.0. The van der Waals surface area contributed by atoms with E-state index in [1.165, 1.54) is 0 Å². The predicted molar refractivity (Wildman–Crippen MR) is 91.8 cm³/mol. The number of pyridine rings is 1. The summed E-state index contributed by atoms with van der Waals surface area (Å²) in [6.45, 7) is 6.63. The number of ether oxygens (including phenoxy) is 1. The van der Waals surface area contributed by atoms with Crippen LogP contribution in [0.25, 0.3) is 0 Å². The summed E-state index contributed by atoms with van der Waals surface area (Å²) in [7, 11) is 0. The Labute approximate surface area is 142 Å². The number of nitrogens with zero attached hydrogens (tertiary/aromatic N) is 5. The lowest BCUT2D eigenvalue weighted by Crippen LogP contribution is -2.50. The number of hydrogen-bond acceptors (Lipinski definition) is 6. The predicted octanol–water partition coefficient (Wildman–Crippen LogP) is 1.66. The normalized spacial score (nSPS) is 24.1. The summed E-state index contributed by atoms with van der Waals surface area (Å²) in [5.41, 5.74) is 2.10. The number of rotatable bonds is 4. The van der Waals surface area contributed by atoms with Gasteiger partial charge in [-0.25, -0.2) is 9.97 Å². The van der Waals surface area contributed by atoms with Crippen LogP contribution in [0.4, 0.5) is 5.95 Å². The third-order valence-electron chi connectivity index (χ3n) is 4.82. The molecule has 24 heavy (non-hydrogen) atoms. The molecule has 2 aromatic rings. The molecule has 2 saturated heterocycles. The summed E-state index contributed by atoms with van der Waals surface area (Å²) >= 11 is 0. The Kier molecular flexibility index (Phi) is 4.40. The second-order valence-electron chi connectivity index (χ2n) is 6.64. The fraction of sp³-hybridized carbons (Fsp3) is 0.500. The topological polar surface area (TPSA) is 54.4 Å². The van der Waals surface area contributed by atoms with Gasteiger partial charge in [0.05, 0.1) is 18.4 Å². The average molecular weight is 325 g/mol. The van der Waals surface area contributed by atoms with Gasteiger partial charge in [0.15, 0.2) is 0 Å². The van der Waals surface area contributed by atoms with E-state index in [1.54, 1.807) is 0 Å². The van der Waals surface area contributed by atoms with E-state index in [0.29, 0.717) is 12.6 Å². The molecule has 2 aliphatic heterocycles. The van der Waals surface area contributed by atoms with E-state index in [1.807, 2.05) is 43.7 Å². The van der Waals surface area contributed by atoms with Crippen LogP contribution >= 0.6 is 0 Å². The molecule has 2 atom stereocenters. The number of hydrogen-bond donors (Lipinski definition) is 0. The van der Waals surface area contributed by atoms with Crippen LogP contribution < -0.4 is 4.90 Å². The van der Waals surface area contributed by atoms with Crippen molar-refractivity contribution < 1.29 is 4.74 Å². The summed E-state index contributed by atoms with van der Waals surface area (Å²) in [5, 5.41) is 0. The van der Waals surface area contributed by atoms with Gasteiger partial charge in [0.25, 0.3) is 0 Å². The van der Waals surface area contributed by atoms with Gasteiger partial charge in [-0.3, -0.25) is 9.88 Å². The minimum atomic E-state index is 0.288. The maximum absolute atomic E-state index is 6.08. The molecule has 2 aliphatic rings. The molecule has 0 radical (unpaired) electrons. The van der Waals surface area contributed by atoms with Crippen LogP contribution in [0, 0.1) is 6.92 Å². The van der Waals surface area contributed by atoms with Crippen molar-refractivity contribution in [2.75, 3.05) is 31.1 Å². The highest BCUT2D eigenvalue weighted by atomic mass is 16.5. The third kappa shape index (κ3) is 3.39. The first kappa shape index (κ1) is 15.5. The number of fused-ring (bicyclic) bond motifs is 1. The average Bonchev–Trinajstić information content (AvgIpc) is 3.03. The van der Waals surface area contributed by atoms with Crippen LogP contribution in [-0.2, 0) is 11.3 Å². The maximum atomic E-state index is 6.08. The minimum absolute atomic E-state index is 0.288. The SMILES string of the molecule is Cc1cnc(N2CCN3C[C@H](OCc4ccccn4)C[C@H]3C2)nc1. The summed E-state index contributed by atoms with van der Waals surface area (Å²) in [6.07, 6.45) is 6.95. The van der Waals surface area contributed by atoms with E-state index < -0.39 is 0 Å². The Hall–Kier alpha value is -2.05. The first-order valence-electron chi connectivity index (χ1n) is 8.57. The molecule has 0 aromatic carbocycles. The molecule has 0 amide bonds.